The molecule has 22 heavy (non-hydrogen) atoms. The molecule has 5 heteroatoms. The number of aryl methyl sites for hydroxylation is 3. The molecule has 0 unspecified atom stereocenters. The van der Waals surface area contributed by atoms with Gasteiger partial charge in [0.25, 0.3) is 10.0 Å². The fraction of sp³-hybridized carbons (Fsp3) is 0.294. The van der Waals surface area contributed by atoms with Gasteiger partial charge in [-0.1, -0.05) is 17.7 Å². The maximum absolute atomic E-state index is 12.7. The Morgan fingerprint density at radius 3 is 1.95 bits per heavy atom. The predicted molar refractivity (Wildman–Crippen MR) is 87.8 cm³/mol. The van der Waals surface area contributed by atoms with Crippen molar-refractivity contribution in [2.45, 2.75) is 39.5 Å². The second-order valence-electron chi connectivity index (χ2n) is 5.63. The van der Waals surface area contributed by atoms with Crippen molar-refractivity contribution in [3.63, 3.8) is 0 Å². The van der Waals surface area contributed by atoms with Crippen molar-refractivity contribution < 1.29 is 13.2 Å². The van der Waals surface area contributed by atoms with E-state index in [-0.39, 0.29) is 10.7 Å². The summed E-state index contributed by atoms with van der Waals surface area (Å²) in [5.41, 5.74) is 3.80. The van der Waals surface area contributed by atoms with Crippen molar-refractivity contribution in [2.24, 2.45) is 4.40 Å². The van der Waals surface area contributed by atoms with E-state index in [0.29, 0.717) is 28.0 Å². The molecule has 0 N–H and O–H groups in total. The van der Waals surface area contributed by atoms with Gasteiger partial charge in [-0.2, -0.15) is 12.8 Å². The van der Waals surface area contributed by atoms with Crippen LogP contribution in [0.3, 0.4) is 0 Å². The molecule has 1 aromatic rings. The van der Waals surface area contributed by atoms with Crippen molar-refractivity contribution in [1.82, 2.24) is 0 Å². The molecule has 4 nitrogen and oxygen atoms in total. The third-order valence-corrected chi connectivity index (χ3v) is 5.39. The highest BCUT2D eigenvalue weighted by atomic mass is 32.2. The second-order valence-corrected chi connectivity index (χ2v) is 7.17. The van der Waals surface area contributed by atoms with E-state index in [9.17, 15) is 13.2 Å². The maximum atomic E-state index is 12.7. The molecule has 0 saturated heterocycles. The Morgan fingerprint density at radius 1 is 0.864 bits per heavy atom. The number of nitrogens with zero attached hydrogens (tertiary/aromatic N) is 1. The summed E-state index contributed by atoms with van der Waals surface area (Å²) >= 11 is 0. The third-order valence-electron chi connectivity index (χ3n) is 3.79. The van der Waals surface area contributed by atoms with Gasteiger partial charge in [0.1, 0.15) is 0 Å². The van der Waals surface area contributed by atoms with Gasteiger partial charge in [0.2, 0.25) is 0 Å². The highest BCUT2D eigenvalue weighted by Crippen LogP contribution is 2.25. The Bertz CT molecular complexity index is 833. The van der Waals surface area contributed by atoms with Crippen molar-refractivity contribution in [3.8, 4) is 0 Å². The van der Waals surface area contributed by atoms with Crippen LogP contribution < -0.4 is 0 Å². The van der Waals surface area contributed by atoms with Crippen LogP contribution in [0.4, 0.5) is 0 Å². The predicted octanol–water partition coefficient (Wildman–Crippen LogP) is 3.22. The molecule has 0 bridgehead atoms. The molecule has 0 aromatic heterocycles. The lowest BCUT2D eigenvalue weighted by Crippen LogP contribution is -2.14. The highest BCUT2D eigenvalue weighted by molar-refractivity contribution is 7.90. The summed E-state index contributed by atoms with van der Waals surface area (Å²) in [4.78, 5) is 11.8. The average molecular weight is 317 g/mol. The number of rotatable bonds is 2. The number of ketones is 1. The molecule has 0 amide bonds. The number of benzene rings is 1. The van der Waals surface area contributed by atoms with Crippen LogP contribution in [0.15, 0.2) is 44.7 Å². The van der Waals surface area contributed by atoms with E-state index in [4.69, 9.17) is 0 Å². The summed E-state index contributed by atoms with van der Waals surface area (Å²) in [5, 5.41) is 0. The van der Waals surface area contributed by atoms with E-state index >= 15 is 0 Å². The molecular weight excluding hydrogens is 298 g/mol. The van der Waals surface area contributed by atoms with Crippen LogP contribution in [-0.4, -0.2) is 19.9 Å². The zero-order valence-electron chi connectivity index (χ0n) is 13.4. The second kappa shape index (κ2) is 5.65. The monoisotopic (exact) mass is 317 g/mol. The molecule has 1 aromatic carbocycles. The molecule has 116 valence electrons. The Morgan fingerprint density at radius 2 is 1.41 bits per heavy atom. The first-order valence-electron chi connectivity index (χ1n) is 6.96. The summed E-state index contributed by atoms with van der Waals surface area (Å²) < 4.78 is 29.3. The lowest BCUT2D eigenvalue weighted by atomic mass is 9.97. The fourth-order valence-electron chi connectivity index (χ4n) is 2.63. The standard InChI is InChI=1S/C17H19NO3S/c1-10-8-11(2)17(12(3)9-10)22(20,21)18-15-6-7-16(19)14(5)13(15)4/h6-9H,1-5H3/b18-15-. The smallest absolute Gasteiger partial charge is 0.283 e. The van der Waals surface area contributed by atoms with Crippen LogP contribution in [0, 0.1) is 20.8 Å². The summed E-state index contributed by atoms with van der Waals surface area (Å²) in [6.07, 6.45) is 2.81. The lowest BCUT2D eigenvalue weighted by Gasteiger charge is -2.13. The minimum Gasteiger partial charge on any atom is -0.290 e. The normalized spacial score (nSPS) is 17.5. The molecule has 0 saturated carbocycles. The number of carbonyl (C=O) groups is 1. The molecule has 0 spiro atoms. The lowest BCUT2D eigenvalue weighted by molar-refractivity contribution is -0.111. The summed E-state index contributed by atoms with van der Waals surface area (Å²) in [7, 11) is -3.82. The van der Waals surface area contributed by atoms with Gasteiger partial charge in [-0.25, -0.2) is 0 Å². The van der Waals surface area contributed by atoms with Crippen molar-refractivity contribution in [3.05, 3.63) is 52.1 Å². The third kappa shape index (κ3) is 2.95. The fourth-order valence-corrected chi connectivity index (χ4v) is 4.11. The number of allylic oxidation sites excluding steroid dienone is 4. The maximum Gasteiger partial charge on any atom is 0.283 e. The van der Waals surface area contributed by atoms with Crippen LogP contribution >= 0.6 is 0 Å². The van der Waals surface area contributed by atoms with Gasteiger partial charge in [0, 0.05) is 5.57 Å². The molecule has 0 aliphatic heterocycles. The molecule has 0 heterocycles. The molecule has 0 radical (unpaired) electrons. The van der Waals surface area contributed by atoms with Crippen molar-refractivity contribution >= 4 is 21.5 Å². The first kappa shape index (κ1) is 16.4. The minimum atomic E-state index is -3.82. The van der Waals surface area contributed by atoms with Crippen LogP contribution in [0.1, 0.15) is 30.5 Å². The summed E-state index contributed by atoms with van der Waals surface area (Å²) in [5.74, 6) is -0.114. The minimum absolute atomic E-state index is 0.114. The molecule has 1 aliphatic rings. The first-order valence-corrected chi connectivity index (χ1v) is 8.40. The van der Waals surface area contributed by atoms with Gasteiger partial charge in [0.15, 0.2) is 5.78 Å². The van der Waals surface area contributed by atoms with Gasteiger partial charge in [-0.3, -0.25) is 4.79 Å². The van der Waals surface area contributed by atoms with Crippen molar-refractivity contribution in [2.75, 3.05) is 0 Å². The highest BCUT2D eigenvalue weighted by Gasteiger charge is 2.22. The van der Waals surface area contributed by atoms with E-state index in [2.05, 4.69) is 4.40 Å². The van der Waals surface area contributed by atoms with E-state index in [0.717, 1.165) is 5.56 Å². The number of hydrogen-bond acceptors (Lipinski definition) is 3. The number of hydrogen-bond donors (Lipinski definition) is 0. The quantitative estimate of drug-likeness (QED) is 0.787. The summed E-state index contributed by atoms with van der Waals surface area (Å²) in [6, 6.07) is 3.66. The van der Waals surface area contributed by atoms with Crippen LogP contribution in [0.5, 0.6) is 0 Å². The molecular formula is C17H19NO3S. The molecule has 1 aliphatic carbocycles. The van der Waals surface area contributed by atoms with Crippen LogP contribution in [0.25, 0.3) is 0 Å². The topological polar surface area (TPSA) is 63.6 Å². The summed E-state index contributed by atoms with van der Waals surface area (Å²) in [6.45, 7) is 8.84. The number of sulfonamides is 1. The largest absolute Gasteiger partial charge is 0.290 e. The van der Waals surface area contributed by atoms with E-state index in [1.807, 2.05) is 19.1 Å². The Labute approximate surface area is 131 Å². The molecule has 0 atom stereocenters. The first-order chi connectivity index (χ1) is 10.1. The molecule has 2 rings (SSSR count). The van der Waals surface area contributed by atoms with E-state index in [1.165, 1.54) is 12.2 Å². The average Bonchev–Trinajstić information content (AvgIpc) is 2.38. The van der Waals surface area contributed by atoms with Gasteiger partial charge in [-0.15, -0.1) is 0 Å². The SMILES string of the molecule is CC1=C(C)/C(=N\S(=O)(=O)c2c(C)cc(C)cc2C)C=CC1=O. The van der Waals surface area contributed by atoms with Gasteiger partial charge >= 0.3 is 0 Å². The zero-order chi connectivity index (χ0) is 16.7. The van der Waals surface area contributed by atoms with Gasteiger partial charge in [0.05, 0.1) is 10.6 Å². The molecule has 0 fully saturated rings. The Hall–Kier alpha value is -2.01. The Balaban J connectivity index is 2.61. The van der Waals surface area contributed by atoms with Crippen LogP contribution in [-0.2, 0) is 14.8 Å². The van der Waals surface area contributed by atoms with Crippen LogP contribution in [0.2, 0.25) is 0 Å². The van der Waals surface area contributed by atoms with E-state index in [1.54, 1.807) is 27.7 Å². The zero-order valence-corrected chi connectivity index (χ0v) is 14.2. The Kier molecular flexibility index (Phi) is 4.20. The van der Waals surface area contributed by atoms with Crippen molar-refractivity contribution in [1.29, 1.82) is 0 Å². The number of carbonyl (C=O) groups excluding carboxylic acids is 1. The van der Waals surface area contributed by atoms with E-state index < -0.39 is 10.0 Å². The van der Waals surface area contributed by atoms with Gasteiger partial charge in [-0.05, 0) is 63.5 Å². The van der Waals surface area contributed by atoms with Gasteiger partial charge < -0.3 is 0 Å².